The van der Waals surface area contributed by atoms with Gasteiger partial charge in [0.25, 0.3) is 0 Å². The lowest BCUT2D eigenvalue weighted by Gasteiger charge is -2.47. The summed E-state index contributed by atoms with van der Waals surface area (Å²) in [6.45, 7) is 5.97. The fraction of sp³-hybridized carbons (Fsp3) is 0.448. The first kappa shape index (κ1) is 70.6. The highest BCUT2D eigenvalue weighted by molar-refractivity contribution is 7.80. The summed E-state index contributed by atoms with van der Waals surface area (Å²) in [6, 6.07) is 20.0. The number of amides is 8. The molecule has 15 N–H and O–H groups in total. The van der Waals surface area contributed by atoms with Crippen molar-refractivity contribution in [2.45, 2.75) is 151 Å². The molecule has 4 aromatic carbocycles. The Hall–Kier alpha value is -8.27. The Labute approximate surface area is 550 Å². The number of nitrogens with one attached hydrogen (secondary N) is 10. The van der Waals surface area contributed by atoms with Crippen LogP contribution in [0.2, 0.25) is 0 Å². The molecule has 24 nitrogen and oxygen atoms in total. The van der Waals surface area contributed by atoms with E-state index in [0.29, 0.717) is 30.5 Å². The third-order valence-electron chi connectivity index (χ3n) is 17.3. The van der Waals surface area contributed by atoms with Crippen LogP contribution in [-0.4, -0.2) is 181 Å². The summed E-state index contributed by atoms with van der Waals surface area (Å²) in [7, 11) is 0. The van der Waals surface area contributed by atoms with Crippen molar-refractivity contribution in [3.05, 3.63) is 143 Å². The molecule has 6 aromatic rings. The highest BCUT2D eigenvalue weighted by Gasteiger charge is 2.44. The number of para-hydroxylation sites is 1. The lowest BCUT2D eigenvalue weighted by atomic mass is 9.72. The maximum absolute atomic E-state index is 15.1. The number of aliphatic hydroxyl groups is 2. The van der Waals surface area contributed by atoms with Crippen LogP contribution in [0, 0.1) is 5.92 Å². The van der Waals surface area contributed by atoms with Crippen LogP contribution in [0.4, 0.5) is 0 Å². The predicted molar refractivity (Wildman–Crippen MR) is 358 cm³/mol. The monoisotopic (exact) mass is 1310 g/mol. The zero-order chi connectivity index (χ0) is 66.9. The van der Waals surface area contributed by atoms with Gasteiger partial charge in [0.15, 0.2) is 6.04 Å². The molecule has 1 aliphatic heterocycles. The molecule has 13 atom stereocenters. The number of H-pyrrole nitrogens is 2. The lowest BCUT2D eigenvalue weighted by Crippen LogP contribution is -2.62. The molecule has 2 aliphatic rings. The number of aromatic nitrogens is 2. The molecular formula is C67H86N12O12S2. The third kappa shape index (κ3) is 18.3. The summed E-state index contributed by atoms with van der Waals surface area (Å²) in [6.07, 6.45) is 3.45. The number of carboxylic acids is 1. The Bertz CT molecular complexity index is 3570. The van der Waals surface area contributed by atoms with Gasteiger partial charge in [-0.3, -0.25) is 43.3 Å². The van der Waals surface area contributed by atoms with Crippen molar-refractivity contribution >= 4 is 100 Å². The minimum atomic E-state index is -1.74. The summed E-state index contributed by atoms with van der Waals surface area (Å²) in [5.74, 6) is -8.98. The van der Waals surface area contributed by atoms with Crippen molar-refractivity contribution in [3.8, 4) is 0 Å². The fourth-order valence-electron chi connectivity index (χ4n) is 12.5. The van der Waals surface area contributed by atoms with E-state index in [1.165, 1.54) is 23.4 Å². The summed E-state index contributed by atoms with van der Waals surface area (Å²) in [5.41, 5.74) is 12.1. The first-order valence-corrected chi connectivity index (χ1v) is 32.9. The van der Waals surface area contributed by atoms with Crippen LogP contribution in [0.15, 0.2) is 116 Å². The molecule has 0 radical (unpaired) electrons. The molecule has 93 heavy (non-hydrogen) atoms. The van der Waals surface area contributed by atoms with Gasteiger partial charge >= 0.3 is 5.97 Å². The van der Waals surface area contributed by atoms with Gasteiger partial charge in [0.1, 0.15) is 42.3 Å². The Kier molecular flexibility index (Phi) is 25.5. The predicted octanol–water partition coefficient (Wildman–Crippen LogP) is 1.83. The van der Waals surface area contributed by atoms with Gasteiger partial charge < -0.3 is 73.6 Å². The highest BCUT2D eigenvalue weighted by Crippen LogP contribution is 2.45. The molecule has 0 spiro atoms. The second-order valence-corrected chi connectivity index (χ2v) is 24.9. The van der Waals surface area contributed by atoms with Crippen molar-refractivity contribution in [1.82, 2.24) is 57.4 Å². The van der Waals surface area contributed by atoms with Crippen LogP contribution in [0.3, 0.4) is 0 Å². The number of fused-ring (bicyclic) bond motifs is 3. The molecular weight excluding hydrogens is 1230 g/mol. The summed E-state index contributed by atoms with van der Waals surface area (Å²) < 4.78 is 0. The van der Waals surface area contributed by atoms with Crippen LogP contribution in [0.5, 0.6) is 0 Å². The third-order valence-corrected chi connectivity index (χ3v) is 18.1. The number of likely N-dealkylation sites (tertiary alicyclic amines) is 1. The minimum absolute atomic E-state index is 0.0424. The molecule has 1 aliphatic carbocycles. The standard InChI is InChI=1S/C67H86N12O12S2/c1-4-26-79-34-43(29-46-45-21-15-24-48-56(45)42(33-70-48)31-55(46)79)59(82)72-50(27-39-16-7-5-8-17-39)62(85)75-53(35-92)64(87)73-51(28-40-18-9-6-10-19-40)61(84)74-52(30-41-32-69-47-22-12-11-20-44(41)47)63(86)71-49(23-13-14-25-68)60(83)77-57(37(2)80)66(89)76-54(36-93)65(88)78-58(38(3)81)67(90)91/h5-12,15-22,24,32-33,37-38,43,46,49-55,57-58,69-70,80-81,92-93H,4,13-14,23,25-31,34-36,68H2,1-3H3,(H,71,86)(H,72,82)(H,73,87)(H,74,84)(H,75,85)(H,76,89)(H,77,83)(H,78,88)(H,90,91)/t37-,38-,43-,46?,49+,50-,51+,52-,53+,54+,55?,57+,58+/m1/s1. The van der Waals surface area contributed by atoms with Crippen molar-refractivity contribution in [3.63, 3.8) is 0 Å². The Morgan fingerprint density at radius 3 is 1.68 bits per heavy atom. The van der Waals surface area contributed by atoms with Gasteiger partial charge in [-0.1, -0.05) is 97.9 Å². The number of aromatic amines is 2. The van der Waals surface area contributed by atoms with E-state index >= 15 is 4.79 Å². The fourth-order valence-corrected chi connectivity index (χ4v) is 13.0. The van der Waals surface area contributed by atoms with Crippen molar-refractivity contribution < 1.29 is 58.5 Å². The Balaban J connectivity index is 1.01. The topological polar surface area (TPSA) is 371 Å². The number of nitrogens with zero attached hydrogens (tertiary/aromatic N) is 1. The maximum Gasteiger partial charge on any atom is 0.328 e. The zero-order valence-corrected chi connectivity index (χ0v) is 54.1. The van der Waals surface area contributed by atoms with E-state index in [1.54, 1.807) is 42.6 Å². The molecule has 1 fully saturated rings. The number of unbranched alkanes of at least 4 members (excludes halogenated alkanes) is 1. The molecule has 498 valence electrons. The molecule has 2 unspecified atom stereocenters. The van der Waals surface area contributed by atoms with Crippen LogP contribution >= 0.6 is 25.3 Å². The molecule has 8 rings (SSSR count). The number of carboxylic acid groups (broad SMARTS) is 1. The number of piperidine rings is 1. The van der Waals surface area contributed by atoms with Gasteiger partial charge in [0, 0.05) is 83.5 Å². The Morgan fingerprint density at radius 1 is 0.581 bits per heavy atom. The van der Waals surface area contributed by atoms with Gasteiger partial charge in [0.2, 0.25) is 47.3 Å². The van der Waals surface area contributed by atoms with Crippen LogP contribution < -0.4 is 48.3 Å². The van der Waals surface area contributed by atoms with E-state index in [4.69, 9.17) is 5.73 Å². The number of carbonyl (C=O) groups is 9. The first-order chi connectivity index (χ1) is 44.7. The highest BCUT2D eigenvalue weighted by atomic mass is 32.1. The molecule has 2 aromatic heterocycles. The average molecular weight is 1320 g/mol. The SMILES string of the molecule is CCCN1C[C@H](C(=O)N[C@H](Cc2ccccc2)C(=O)N[C@@H](CS)C(=O)N[C@@H](Cc2ccccc2)C(=O)N[C@H](Cc2c[nH]c3ccccc23)C(=O)N[C@@H](CCCCN)C(=O)N[C@H](C(=O)N[C@@H](CS)C(=O)N[C@H](C(=O)O)[C@@H](C)O)[C@@H](C)O)CC2c3cccc4[nH]cc(c34)CC21. The molecule has 0 saturated carbocycles. The number of hydrogen-bond donors (Lipinski definition) is 16. The number of hydrogen-bond acceptors (Lipinski definition) is 15. The second kappa shape index (κ2) is 33.5. The molecule has 1 saturated heterocycles. The number of thiol groups is 2. The van der Waals surface area contributed by atoms with Gasteiger partial charge in [-0.15, -0.1) is 0 Å². The van der Waals surface area contributed by atoms with E-state index in [2.05, 4.69) is 108 Å². The van der Waals surface area contributed by atoms with Crippen LogP contribution in [0.25, 0.3) is 21.8 Å². The van der Waals surface area contributed by atoms with E-state index in [0.717, 1.165) is 48.3 Å². The van der Waals surface area contributed by atoms with Crippen molar-refractivity contribution in [2.75, 3.05) is 31.1 Å². The van der Waals surface area contributed by atoms with Crippen molar-refractivity contribution in [1.29, 1.82) is 0 Å². The number of aliphatic hydroxyl groups excluding tert-OH is 2. The molecule has 0 bridgehead atoms. The molecule has 26 heteroatoms. The number of carbonyl (C=O) groups excluding carboxylic acids is 8. The number of aliphatic carboxylic acids is 1. The lowest BCUT2D eigenvalue weighted by molar-refractivity contribution is -0.145. The number of nitrogens with two attached hydrogens (primary N) is 1. The molecule has 8 amide bonds. The van der Waals surface area contributed by atoms with E-state index < -0.39 is 114 Å². The van der Waals surface area contributed by atoms with Gasteiger partial charge in [0.05, 0.1) is 18.1 Å². The zero-order valence-electron chi connectivity index (χ0n) is 52.3. The largest absolute Gasteiger partial charge is 0.480 e. The van der Waals surface area contributed by atoms with Crippen LogP contribution in [-0.2, 0) is 68.8 Å². The Morgan fingerprint density at radius 2 is 1.09 bits per heavy atom. The summed E-state index contributed by atoms with van der Waals surface area (Å²) in [4.78, 5) is 136. The maximum atomic E-state index is 15.1. The van der Waals surface area contributed by atoms with Crippen LogP contribution in [0.1, 0.15) is 86.6 Å². The molecule has 3 heterocycles. The second-order valence-electron chi connectivity index (χ2n) is 24.1. The van der Waals surface area contributed by atoms with Gasteiger partial charge in [-0.05, 0) is 105 Å². The van der Waals surface area contributed by atoms with Gasteiger partial charge in [-0.25, -0.2) is 4.79 Å². The summed E-state index contributed by atoms with van der Waals surface area (Å²) >= 11 is 8.64. The first-order valence-electron chi connectivity index (χ1n) is 31.6. The van der Waals surface area contributed by atoms with Crippen molar-refractivity contribution in [2.24, 2.45) is 11.7 Å². The minimum Gasteiger partial charge on any atom is -0.480 e. The summed E-state index contributed by atoms with van der Waals surface area (Å²) in [5, 5.41) is 53.5. The number of rotatable bonds is 33. The smallest absolute Gasteiger partial charge is 0.328 e. The average Bonchev–Trinajstić information content (AvgIpc) is 1.75. The van der Waals surface area contributed by atoms with E-state index in [1.807, 2.05) is 54.6 Å². The van der Waals surface area contributed by atoms with Gasteiger partial charge in [-0.2, -0.15) is 25.3 Å². The normalized spacial score (nSPS) is 18.5. The number of benzene rings is 4. The quantitative estimate of drug-likeness (QED) is 0.0207. The van der Waals surface area contributed by atoms with E-state index in [-0.39, 0.29) is 68.0 Å². The van der Waals surface area contributed by atoms with E-state index in [9.17, 15) is 53.7 Å².